The zero-order valence-corrected chi connectivity index (χ0v) is 9.86. The molecule has 0 aromatic carbocycles. The molecule has 2 aliphatic rings. The molecule has 0 radical (unpaired) electrons. The normalized spacial score (nSPS) is 32.5. The summed E-state index contributed by atoms with van der Waals surface area (Å²) in [5.74, 6) is 0. The van der Waals surface area contributed by atoms with E-state index >= 15 is 0 Å². The minimum Gasteiger partial charge on any atom is -0.309 e. The molecule has 16 heavy (non-hydrogen) atoms. The van der Waals surface area contributed by atoms with Crippen molar-refractivity contribution in [1.29, 1.82) is 0 Å². The van der Waals surface area contributed by atoms with Crippen LogP contribution in [0.4, 0.5) is 0 Å². The van der Waals surface area contributed by atoms with Gasteiger partial charge in [0, 0.05) is 24.5 Å². The van der Waals surface area contributed by atoms with Gasteiger partial charge < -0.3 is 10.6 Å². The van der Waals surface area contributed by atoms with Gasteiger partial charge >= 0.3 is 0 Å². The topological polar surface area (TPSA) is 48.8 Å². The zero-order chi connectivity index (χ0) is 11.1. The molecule has 0 amide bonds. The molecule has 2 rings (SSSR count). The second kappa shape index (κ2) is 6.76. The first-order chi connectivity index (χ1) is 7.95. The Labute approximate surface area is 97.6 Å². The third-order valence-electron chi connectivity index (χ3n) is 3.26. The summed E-state index contributed by atoms with van der Waals surface area (Å²) in [6, 6.07) is 0.871. The maximum atomic E-state index is 4.13. The van der Waals surface area contributed by atoms with E-state index in [1.165, 1.54) is 38.5 Å². The summed E-state index contributed by atoms with van der Waals surface area (Å²) >= 11 is 0. The Morgan fingerprint density at radius 1 is 0.750 bits per heavy atom. The van der Waals surface area contributed by atoms with Crippen molar-refractivity contribution in [2.24, 2.45) is 10.2 Å². The fourth-order valence-corrected chi connectivity index (χ4v) is 2.25. The third kappa shape index (κ3) is 4.02. The van der Waals surface area contributed by atoms with Gasteiger partial charge in [0.2, 0.25) is 0 Å². The monoisotopic (exact) mass is 222 g/mol. The van der Waals surface area contributed by atoms with Crippen LogP contribution in [-0.2, 0) is 0 Å². The van der Waals surface area contributed by atoms with E-state index in [1.807, 2.05) is 12.4 Å². The molecule has 0 aliphatic carbocycles. The van der Waals surface area contributed by atoms with E-state index in [0.29, 0.717) is 12.1 Å². The molecule has 0 aromatic heterocycles. The molecule has 2 saturated heterocycles. The average molecular weight is 222 g/mol. The van der Waals surface area contributed by atoms with Crippen LogP contribution in [0.5, 0.6) is 0 Å². The van der Waals surface area contributed by atoms with Crippen LogP contribution in [0.2, 0.25) is 0 Å². The lowest BCUT2D eigenvalue weighted by molar-refractivity contribution is 0.474. The van der Waals surface area contributed by atoms with Crippen LogP contribution in [0.1, 0.15) is 38.5 Å². The van der Waals surface area contributed by atoms with E-state index in [1.54, 1.807) is 0 Å². The third-order valence-corrected chi connectivity index (χ3v) is 3.26. The molecule has 90 valence electrons. The van der Waals surface area contributed by atoms with Gasteiger partial charge in [0.1, 0.15) is 0 Å². The van der Waals surface area contributed by atoms with Crippen molar-refractivity contribution >= 4 is 12.4 Å². The van der Waals surface area contributed by atoms with Gasteiger partial charge in [0.25, 0.3) is 0 Å². The van der Waals surface area contributed by atoms with Crippen molar-refractivity contribution in [1.82, 2.24) is 10.6 Å². The summed E-state index contributed by atoms with van der Waals surface area (Å²) in [5, 5.41) is 15.1. The highest BCUT2D eigenvalue weighted by atomic mass is 15.2. The molecule has 2 N–H and O–H groups in total. The second-order valence-corrected chi connectivity index (χ2v) is 4.64. The Kier molecular flexibility index (Phi) is 4.96. The zero-order valence-electron chi connectivity index (χ0n) is 9.86. The smallest absolute Gasteiger partial charge is 0.0443 e. The van der Waals surface area contributed by atoms with Crippen molar-refractivity contribution in [3.63, 3.8) is 0 Å². The van der Waals surface area contributed by atoms with Crippen LogP contribution in [0.25, 0.3) is 0 Å². The first-order valence-corrected chi connectivity index (χ1v) is 6.48. The quantitative estimate of drug-likeness (QED) is 0.559. The van der Waals surface area contributed by atoms with Gasteiger partial charge in [-0.2, -0.15) is 10.2 Å². The molecular formula is C12H22N4. The fraction of sp³-hybridized carbons (Fsp3) is 0.833. The number of hydrogen-bond acceptors (Lipinski definition) is 4. The Morgan fingerprint density at radius 3 is 1.62 bits per heavy atom. The minimum atomic E-state index is 0.435. The van der Waals surface area contributed by atoms with Crippen LogP contribution in [0.3, 0.4) is 0 Å². The lowest BCUT2D eigenvalue weighted by Gasteiger charge is -2.19. The molecule has 0 aromatic rings. The Balaban J connectivity index is 1.68. The number of rotatable bonds is 3. The van der Waals surface area contributed by atoms with Crippen LogP contribution in [-0.4, -0.2) is 37.6 Å². The molecule has 2 atom stereocenters. The average Bonchev–Trinajstić information content (AvgIpc) is 2.37. The SMILES string of the molecule is C(=NN=CC1CCCCN1)C1CCCCN1. The van der Waals surface area contributed by atoms with E-state index in [-0.39, 0.29) is 0 Å². The van der Waals surface area contributed by atoms with E-state index < -0.39 is 0 Å². The van der Waals surface area contributed by atoms with Crippen molar-refractivity contribution in [3.05, 3.63) is 0 Å². The van der Waals surface area contributed by atoms with Gasteiger partial charge in [-0.15, -0.1) is 0 Å². The Hall–Kier alpha value is -0.740. The molecule has 0 spiro atoms. The molecule has 2 fully saturated rings. The number of nitrogens with zero attached hydrogens (tertiary/aromatic N) is 2. The molecule has 0 saturated carbocycles. The molecule has 2 heterocycles. The summed E-state index contributed by atoms with van der Waals surface area (Å²) in [6.45, 7) is 2.23. The maximum Gasteiger partial charge on any atom is 0.0443 e. The van der Waals surface area contributed by atoms with E-state index in [2.05, 4.69) is 20.8 Å². The van der Waals surface area contributed by atoms with Crippen LogP contribution < -0.4 is 10.6 Å². The standard InChI is InChI=1S/C12H22N4/c1-3-7-13-11(5-1)9-15-16-10-12-6-2-4-8-14-12/h9-14H,1-8H2. The maximum absolute atomic E-state index is 4.13. The molecule has 0 bridgehead atoms. The lowest BCUT2D eigenvalue weighted by atomic mass is 10.1. The lowest BCUT2D eigenvalue weighted by Crippen LogP contribution is -2.35. The fourth-order valence-electron chi connectivity index (χ4n) is 2.25. The number of piperidine rings is 2. The first-order valence-electron chi connectivity index (χ1n) is 6.48. The first kappa shape index (κ1) is 11.7. The van der Waals surface area contributed by atoms with Crippen LogP contribution in [0.15, 0.2) is 10.2 Å². The van der Waals surface area contributed by atoms with Gasteiger partial charge in [0.15, 0.2) is 0 Å². The predicted octanol–water partition coefficient (Wildman–Crippen LogP) is 1.33. The van der Waals surface area contributed by atoms with Crippen LogP contribution >= 0.6 is 0 Å². The molecule has 4 heteroatoms. The summed E-state index contributed by atoms with van der Waals surface area (Å²) in [5.41, 5.74) is 0. The van der Waals surface area contributed by atoms with E-state index in [9.17, 15) is 0 Å². The summed E-state index contributed by atoms with van der Waals surface area (Å²) in [6.07, 6.45) is 11.5. The molecular weight excluding hydrogens is 200 g/mol. The van der Waals surface area contributed by atoms with Crippen molar-refractivity contribution in [2.45, 2.75) is 50.6 Å². The summed E-state index contributed by atoms with van der Waals surface area (Å²) < 4.78 is 0. The highest BCUT2D eigenvalue weighted by Crippen LogP contribution is 2.06. The van der Waals surface area contributed by atoms with E-state index in [0.717, 1.165) is 13.1 Å². The molecule has 2 aliphatic heterocycles. The van der Waals surface area contributed by atoms with Crippen molar-refractivity contribution in [3.8, 4) is 0 Å². The summed E-state index contributed by atoms with van der Waals surface area (Å²) in [7, 11) is 0. The summed E-state index contributed by atoms with van der Waals surface area (Å²) in [4.78, 5) is 0. The highest BCUT2D eigenvalue weighted by Gasteiger charge is 2.10. The second-order valence-electron chi connectivity index (χ2n) is 4.64. The van der Waals surface area contributed by atoms with Gasteiger partial charge in [-0.1, -0.05) is 12.8 Å². The van der Waals surface area contributed by atoms with Crippen LogP contribution in [0, 0.1) is 0 Å². The predicted molar refractivity (Wildman–Crippen MR) is 68.3 cm³/mol. The minimum absolute atomic E-state index is 0.435. The largest absolute Gasteiger partial charge is 0.309 e. The number of hydrogen-bond donors (Lipinski definition) is 2. The van der Waals surface area contributed by atoms with Crippen molar-refractivity contribution < 1.29 is 0 Å². The van der Waals surface area contributed by atoms with E-state index in [4.69, 9.17) is 0 Å². The van der Waals surface area contributed by atoms with Gasteiger partial charge in [0.05, 0.1) is 0 Å². The molecule has 2 unspecified atom stereocenters. The Bertz CT molecular complexity index is 211. The Morgan fingerprint density at radius 2 is 1.25 bits per heavy atom. The number of nitrogens with one attached hydrogen (secondary N) is 2. The van der Waals surface area contributed by atoms with Gasteiger partial charge in [-0.05, 0) is 38.8 Å². The van der Waals surface area contributed by atoms with Crippen molar-refractivity contribution in [2.75, 3.05) is 13.1 Å². The van der Waals surface area contributed by atoms with Gasteiger partial charge in [-0.25, -0.2) is 0 Å². The van der Waals surface area contributed by atoms with Gasteiger partial charge in [-0.3, -0.25) is 0 Å². The highest BCUT2D eigenvalue weighted by molar-refractivity contribution is 5.68. The molecule has 4 nitrogen and oxygen atoms in total.